The summed E-state index contributed by atoms with van der Waals surface area (Å²) in [5.74, 6) is -2.08. The van der Waals surface area contributed by atoms with Crippen LogP contribution in [0.25, 0.3) is 0 Å². The molecule has 2 rings (SSSR count). The second-order valence-corrected chi connectivity index (χ2v) is 6.10. The predicted octanol–water partition coefficient (Wildman–Crippen LogP) is 3.70. The van der Waals surface area contributed by atoms with E-state index in [1.165, 1.54) is 13.0 Å². The van der Waals surface area contributed by atoms with E-state index in [4.69, 9.17) is 0 Å². The number of halogens is 2. The molecule has 0 saturated heterocycles. The molecular formula is C19H22F2N2O2. The molecule has 0 aliphatic heterocycles. The summed E-state index contributed by atoms with van der Waals surface area (Å²) in [6.45, 7) is 5.12. The Kier molecular flexibility index (Phi) is 6.22. The van der Waals surface area contributed by atoms with E-state index in [0.29, 0.717) is 11.3 Å². The normalized spacial score (nSPS) is 14.6. The van der Waals surface area contributed by atoms with E-state index in [9.17, 15) is 18.7 Å². The maximum atomic E-state index is 13.3. The third-order valence-electron chi connectivity index (χ3n) is 3.98. The van der Waals surface area contributed by atoms with E-state index in [1.54, 1.807) is 13.0 Å². The fraction of sp³-hybridized carbons (Fsp3) is 0.316. The van der Waals surface area contributed by atoms with Crippen molar-refractivity contribution >= 4 is 11.6 Å². The van der Waals surface area contributed by atoms with Gasteiger partial charge in [0.15, 0.2) is 11.6 Å². The SMILES string of the molecule is CC(=O)Nc1cccc(C(C)NC(C)C(O)c2ccc(F)c(F)c2)c1. The Balaban J connectivity index is 2.07. The van der Waals surface area contributed by atoms with Gasteiger partial charge in [-0.05, 0) is 49.2 Å². The summed E-state index contributed by atoms with van der Waals surface area (Å²) in [5, 5.41) is 16.3. The first kappa shape index (κ1) is 19.0. The van der Waals surface area contributed by atoms with E-state index in [1.807, 2.05) is 25.1 Å². The van der Waals surface area contributed by atoms with Gasteiger partial charge in [-0.2, -0.15) is 0 Å². The van der Waals surface area contributed by atoms with Gasteiger partial charge in [-0.3, -0.25) is 4.79 Å². The molecule has 0 spiro atoms. The standard InChI is InChI=1S/C19H22F2N2O2/c1-11(14-5-4-6-16(9-14)23-13(3)24)22-12(2)19(25)15-7-8-17(20)18(21)10-15/h4-12,19,22,25H,1-3H3,(H,23,24). The minimum atomic E-state index is -0.990. The Bertz CT molecular complexity index is 752. The van der Waals surface area contributed by atoms with E-state index in [0.717, 1.165) is 17.7 Å². The lowest BCUT2D eigenvalue weighted by Gasteiger charge is -2.25. The summed E-state index contributed by atoms with van der Waals surface area (Å²) in [6, 6.07) is 10.2. The number of amides is 1. The quantitative estimate of drug-likeness (QED) is 0.746. The predicted molar refractivity (Wildman–Crippen MR) is 93.1 cm³/mol. The van der Waals surface area contributed by atoms with E-state index in [2.05, 4.69) is 10.6 Å². The highest BCUT2D eigenvalue weighted by atomic mass is 19.2. The van der Waals surface area contributed by atoms with Crippen molar-refractivity contribution in [2.75, 3.05) is 5.32 Å². The van der Waals surface area contributed by atoms with Gasteiger partial charge < -0.3 is 15.7 Å². The highest BCUT2D eigenvalue weighted by molar-refractivity contribution is 5.88. The van der Waals surface area contributed by atoms with Crippen LogP contribution in [-0.4, -0.2) is 17.1 Å². The summed E-state index contributed by atoms with van der Waals surface area (Å²) in [6.07, 6.45) is -0.990. The molecule has 25 heavy (non-hydrogen) atoms. The Morgan fingerprint density at radius 2 is 1.76 bits per heavy atom. The average molecular weight is 348 g/mol. The maximum Gasteiger partial charge on any atom is 0.221 e. The van der Waals surface area contributed by atoms with Crippen molar-refractivity contribution in [3.63, 3.8) is 0 Å². The van der Waals surface area contributed by atoms with Crippen molar-refractivity contribution in [2.24, 2.45) is 0 Å². The Morgan fingerprint density at radius 1 is 1.04 bits per heavy atom. The van der Waals surface area contributed by atoms with E-state index >= 15 is 0 Å². The Labute approximate surface area is 145 Å². The molecule has 134 valence electrons. The van der Waals surface area contributed by atoms with Crippen LogP contribution in [0.15, 0.2) is 42.5 Å². The molecule has 0 aromatic heterocycles. The maximum absolute atomic E-state index is 13.3. The lowest BCUT2D eigenvalue weighted by Crippen LogP contribution is -2.34. The Hall–Kier alpha value is -2.31. The van der Waals surface area contributed by atoms with Crippen LogP contribution in [0, 0.1) is 11.6 Å². The molecule has 3 unspecified atom stereocenters. The molecular weight excluding hydrogens is 326 g/mol. The van der Waals surface area contributed by atoms with Gasteiger partial charge in [-0.15, -0.1) is 0 Å². The first-order valence-electron chi connectivity index (χ1n) is 8.04. The highest BCUT2D eigenvalue weighted by Crippen LogP contribution is 2.23. The highest BCUT2D eigenvalue weighted by Gasteiger charge is 2.20. The zero-order valence-corrected chi connectivity index (χ0v) is 14.4. The van der Waals surface area contributed by atoms with Gasteiger partial charge in [0.05, 0.1) is 6.10 Å². The van der Waals surface area contributed by atoms with Gasteiger partial charge in [0.2, 0.25) is 5.91 Å². The molecule has 0 bridgehead atoms. The van der Waals surface area contributed by atoms with Crippen LogP contribution in [0.4, 0.5) is 14.5 Å². The van der Waals surface area contributed by atoms with Crippen molar-refractivity contribution in [1.29, 1.82) is 0 Å². The summed E-state index contributed by atoms with van der Waals surface area (Å²) in [7, 11) is 0. The molecule has 6 heteroatoms. The summed E-state index contributed by atoms with van der Waals surface area (Å²) >= 11 is 0. The van der Waals surface area contributed by atoms with Crippen LogP contribution in [0.1, 0.15) is 44.0 Å². The smallest absolute Gasteiger partial charge is 0.221 e. The number of hydrogen-bond donors (Lipinski definition) is 3. The lowest BCUT2D eigenvalue weighted by atomic mass is 10.0. The van der Waals surface area contributed by atoms with Crippen LogP contribution < -0.4 is 10.6 Å². The van der Waals surface area contributed by atoms with Crippen molar-refractivity contribution in [3.8, 4) is 0 Å². The fourth-order valence-electron chi connectivity index (χ4n) is 2.66. The van der Waals surface area contributed by atoms with Crippen LogP contribution in [0.2, 0.25) is 0 Å². The van der Waals surface area contributed by atoms with Gasteiger partial charge in [-0.25, -0.2) is 8.78 Å². The number of carbonyl (C=O) groups is 1. The number of anilines is 1. The molecule has 3 atom stereocenters. The molecule has 2 aromatic carbocycles. The lowest BCUT2D eigenvalue weighted by molar-refractivity contribution is -0.114. The Morgan fingerprint density at radius 3 is 2.40 bits per heavy atom. The summed E-state index contributed by atoms with van der Waals surface area (Å²) in [5.41, 5.74) is 1.92. The van der Waals surface area contributed by atoms with Gasteiger partial charge in [-0.1, -0.05) is 18.2 Å². The third kappa shape index (κ3) is 5.08. The van der Waals surface area contributed by atoms with Gasteiger partial charge in [0.25, 0.3) is 0 Å². The number of hydrogen-bond acceptors (Lipinski definition) is 3. The molecule has 0 fully saturated rings. The number of carbonyl (C=O) groups excluding carboxylic acids is 1. The minimum absolute atomic E-state index is 0.122. The second-order valence-electron chi connectivity index (χ2n) is 6.10. The number of rotatable bonds is 6. The van der Waals surface area contributed by atoms with Crippen molar-refractivity contribution in [2.45, 2.75) is 39.0 Å². The van der Waals surface area contributed by atoms with E-state index < -0.39 is 23.8 Å². The minimum Gasteiger partial charge on any atom is -0.387 e. The van der Waals surface area contributed by atoms with Crippen molar-refractivity contribution < 1.29 is 18.7 Å². The van der Waals surface area contributed by atoms with E-state index in [-0.39, 0.29) is 11.9 Å². The summed E-state index contributed by atoms with van der Waals surface area (Å²) in [4.78, 5) is 11.2. The van der Waals surface area contributed by atoms with Gasteiger partial charge >= 0.3 is 0 Å². The number of nitrogens with one attached hydrogen (secondary N) is 2. The second kappa shape index (κ2) is 8.18. The van der Waals surface area contributed by atoms with Gasteiger partial charge in [0.1, 0.15) is 0 Å². The number of aliphatic hydroxyl groups is 1. The fourth-order valence-corrected chi connectivity index (χ4v) is 2.66. The molecule has 2 aromatic rings. The van der Waals surface area contributed by atoms with Crippen molar-refractivity contribution in [3.05, 3.63) is 65.2 Å². The first-order valence-corrected chi connectivity index (χ1v) is 8.04. The third-order valence-corrected chi connectivity index (χ3v) is 3.98. The number of benzene rings is 2. The van der Waals surface area contributed by atoms with Crippen molar-refractivity contribution in [1.82, 2.24) is 5.32 Å². The number of aliphatic hydroxyl groups excluding tert-OH is 1. The average Bonchev–Trinajstić information content (AvgIpc) is 2.56. The van der Waals surface area contributed by atoms with Crippen LogP contribution in [0.5, 0.6) is 0 Å². The van der Waals surface area contributed by atoms with Crippen LogP contribution in [0.3, 0.4) is 0 Å². The largest absolute Gasteiger partial charge is 0.387 e. The topological polar surface area (TPSA) is 61.4 Å². The zero-order chi connectivity index (χ0) is 18.6. The van der Waals surface area contributed by atoms with Crippen LogP contribution >= 0.6 is 0 Å². The van der Waals surface area contributed by atoms with Crippen LogP contribution in [-0.2, 0) is 4.79 Å². The molecule has 0 radical (unpaired) electrons. The first-order chi connectivity index (χ1) is 11.8. The molecule has 4 nitrogen and oxygen atoms in total. The molecule has 0 saturated carbocycles. The monoisotopic (exact) mass is 348 g/mol. The zero-order valence-electron chi connectivity index (χ0n) is 14.4. The molecule has 1 amide bonds. The summed E-state index contributed by atoms with van der Waals surface area (Å²) < 4.78 is 26.4. The molecule has 0 heterocycles. The molecule has 0 aliphatic rings. The molecule has 3 N–H and O–H groups in total. The van der Waals surface area contributed by atoms with Gasteiger partial charge in [0, 0.05) is 24.7 Å². The molecule has 0 aliphatic carbocycles.